The number of rotatable bonds is 7. The first kappa shape index (κ1) is 14.5. The predicted molar refractivity (Wildman–Crippen MR) is 72.6 cm³/mol. The number of carbonyl (C=O) groups excluding carboxylic acids is 1. The van der Waals surface area contributed by atoms with E-state index >= 15 is 0 Å². The predicted octanol–water partition coefficient (Wildman–Crippen LogP) is 1.70. The summed E-state index contributed by atoms with van der Waals surface area (Å²) in [5.74, 6) is 0.884. The molecule has 1 rings (SSSR count). The molecule has 0 radical (unpaired) electrons. The average molecular weight is 250 g/mol. The summed E-state index contributed by atoms with van der Waals surface area (Å²) in [5, 5.41) is 5.94. The van der Waals surface area contributed by atoms with Crippen LogP contribution >= 0.6 is 0 Å². The van der Waals surface area contributed by atoms with Gasteiger partial charge in [-0.2, -0.15) is 0 Å². The minimum atomic E-state index is 0.0194. The van der Waals surface area contributed by atoms with Crippen molar-refractivity contribution in [3.8, 4) is 5.75 Å². The highest BCUT2D eigenvalue weighted by Gasteiger charge is 2.02. The lowest BCUT2D eigenvalue weighted by atomic mass is 10.2. The third-order valence-electron chi connectivity index (χ3n) is 2.27. The Morgan fingerprint density at radius 3 is 2.83 bits per heavy atom. The molecule has 2 N–H and O–H groups in total. The van der Waals surface area contributed by atoms with Crippen molar-refractivity contribution in [1.29, 1.82) is 0 Å². The standard InChI is InChI=1S/C14H22N2O2/c1-4-18-13-7-5-6-12(8-13)9-15-10-14(17)16-11(2)3/h5-8,11,15H,4,9-10H2,1-3H3,(H,16,17). The van der Waals surface area contributed by atoms with E-state index in [9.17, 15) is 4.79 Å². The van der Waals surface area contributed by atoms with Gasteiger partial charge in [0.15, 0.2) is 0 Å². The summed E-state index contributed by atoms with van der Waals surface area (Å²) in [4.78, 5) is 11.4. The van der Waals surface area contributed by atoms with Gasteiger partial charge in [0.05, 0.1) is 13.2 Å². The molecule has 0 spiro atoms. The fourth-order valence-electron chi connectivity index (χ4n) is 1.61. The van der Waals surface area contributed by atoms with E-state index in [2.05, 4.69) is 10.6 Å². The molecule has 0 aliphatic rings. The molecule has 0 fully saturated rings. The fourth-order valence-corrected chi connectivity index (χ4v) is 1.61. The molecular weight excluding hydrogens is 228 g/mol. The zero-order valence-corrected chi connectivity index (χ0v) is 11.3. The topological polar surface area (TPSA) is 50.4 Å². The van der Waals surface area contributed by atoms with E-state index in [4.69, 9.17) is 4.74 Å². The lowest BCUT2D eigenvalue weighted by molar-refractivity contribution is -0.120. The van der Waals surface area contributed by atoms with Crippen LogP contribution in [-0.2, 0) is 11.3 Å². The Morgan fingerprint density at radius 1 is 1.39 bits per heavy atom. The van der Waals surface area contributed by atoms with Gasteiger partial charge < -0.3 is 15.4 Å². The Bertz CT molecular complexity index is 378. The summed E-state index contributed by atoms with van der Waals surface area (Å²) in [5.41, 5.74) is 1.11. The summed E-state index contributed by atoms with van der Waals surface area (Å²) in [6, 6.07) is 8.06. The van der Waals surface area contributed by atoms with Gasteiger partial charge in [-0.05, 0) is 38.5 Å². The van der Waals surface area contributed by atoms with Gasteiger partial charge in [-0.1, -0.05) is 12.1 Å². The van der Waals surface area contributed by atoms with Crippen LogP contribution in [0.25, 0.3) is 0 Å². The van der Waals surface area contributed by atoms with Crippen molar-refractivity contribution in [1.82, 2.24) is 10.6 Å². The van der Waals surface area contributed by atoms with Crippen LogP contribution in [0, 0.1) is 0 Å². The molecule has 0 aliphatic carbocycles. The molecule has 1 amide bonds. The van der Waals surface area contributed by atoms with Crippen LogP contribution in [0.5, 0.6) is 5.75 Å². The molecule has 4 nitrogen and oxygen atoms in total. The van der Waals surface area contributed by atoms with Crippen LogP contribution in [0.3, 0.4) is 0 Å². The summed E-state index contributed by atoms with van der Waals surface area (Å²) in [7, 11) is 0. The normalized spacial score (nSPS) is 10.4. The molecule has 0 atom stereocenters. The van der Waals surface area contributed by atoms with Crippen LogP contribution in [0.15, 0.2) is 24.3 Å². The summed E-state index contributed by atoms with van der Waals surface area (Å²) >= 11 is 0. The van der Waals surface area contributed by atoms with Gasteiger partial charge >= 0.3 is 0 Å². The van der Waals surface area contributed by atoms with Crippen LogP contribution in [-0.4, -0.2) is 25.1 Å². The molecule has 0 saturated heterocycles. The molecule has 18 heavy (non-hydrogen) atoms. The maximum atomic E-state index is 11.4. The zero-order chi connectivity index (χ0) is 13.4. The highest BCUT2D eigenvalue weighted by molar-refractivity contribution is 5.78. The summed E-state index contributed by atoms with van der Waals surface area (Å²) in [6.45, 7) is 7.51. The smallest absolute Gasteiger partial charge is 0.234 e. The van der Waals surface area contributed by atoms with Crippen molar-refractivity contribution >= 4 is 5.91 Å². The number of benzene rings is 1. The second kappa shape index (κ2) is 7.71. The van der Waals surface area contributed by atoms with Gasteiger partial charge in [0, 0.05) is 12.6 Å². The zero-order valence-electron chi connectivity index (χ0n) is 11.3. The van der Waals surface area contributed by atoms with Crippen LogP contribution in [0.1, 0.15) is 26.3 Å². The first-order chi connectivity index (χ1) is 8.61. The van der Waals surface area contributed by atoms with Crippen molar-refractivity contribution in [3.05, 3.63) is 29.8 Å². The quantitative estimate of drug-likeness (QED) is 0.774. The number of ether oxygens (including phenoxy) is 1. The Kier molecular flexibility index (Phi) is 6.22. The van der Waals surface area contributed by atoms with Crippen molar-refractivity contribution < 1.29 is 9.53 Å². The third-order valence-corrected chi connectivity index (χ3v) is 2.27. The Balaban J connectivity index is 2.34. The van der Waals surface area contributed by atoms with Crippen molar-refractivity contribution in [2.45, 2.75) is 33.4 Å². The van der Waals surface area contributed by atoms with Gasteiger partial charge in [-0.15, -0.1) is 0 Å². The number of hydrogen-bond donors (Lipinski definition) is 2. The maximum Gasteiger partial charge on any atom is 0.234 e. The molecular formula is C14H22N2O2. The first-order valence-electron chi connectivity index (χ1n) is 6.33. The Labute approximate surface area is 109 Å². The van der Waals surface area contributed by atoms with Gasteiger partial charge in [0.1, 0.15) is 5.75 Å². The van der Waals surface area contributed by atoms with Gasteiger partial charge in [-0.3, -0.25) is 4.79 Å². The van der Waals surface area contributed by atoms with Crippen LogP contribution < -0.4 is 15.4 Å². The number of carbonyl (C=O) groups is 1. The summed E-state index contributed by atoms with van der Waals surface area (Å²) < 4.78 is 5.42. The lowest BCUT2D eigenvalue weighted by Gasteiger charge is -2.10. The lowest BCUT2D eigenvalue weighted by Crippen LogP contribution is -2.37. The molecule has 1 aromatic rings. The first-order valence-corrected chi connectivity index (χ1v) is 6.33. The van der Waals surface area contributed by atoms with Gasteiger partial charge in [-0.25, -0.2) is 0 Å². The molecule has 100 valence electrons. The minimum Gasteiger partial charge on any atom is -0.494 e. The second-order valence-electron chi connectivity index (χ2n) is 4.41. The number of hydrogen-bond acceptors (Lipinski definition) is 3. The Hall–Kier alpha value is -1.55. The highest BCUT2D eigenvalue weighted by atomic mass is 16.5. The molecule has 0 aromatic heterocycles. The van der Waals surface area contributed by atoms with E-state index in [0.29, 0.717) is 19.7 Å². The maximum absolute atomic E-state index is 11.4. The van der Waals surface area contributed by atoms with E-state index < -0.39 is 0 Å². The second-order valence-corrected chi connectivity index (χ2v) is 4.41. The summed E-state index contributed by atoms with van der Waals surface area (Å²) in [6.07, 6.45) is 0. The van der Waals surface area contributed by atoms with Crippen molar-refractivity contribution in [2.24, 2.45) is 0 Å². The third kappa shape index (κ3) is 5.68. The van der Waals surface area contributed by atoms with Gasteiger partial charge in [0.2, 0.25) is 5.91 Å². The van der Waals surface area contributed by atoms with Gasteiger partial charge in [0.25, 0.3) is 0 Å². The molecule has 0 unspecified atom stereocenters. The monoisotopic (exact) mass is 250 g/mol. The van der Waals surface area contributed by atoms with E-state index in [1.54, 1.807) is 0 Å². The molecule has 0 saturated carbocycles. The van der Waals surface area contributed by atoms with Crippen molar-refractivity contribution in [2.75, 3.05) is 13.2 Å². The van der Waals surface area contributed by atoms with E-state index in [0.717, 1.165) is 11.3 Å². The highest BCUT2D eigenvalue weighted by Crippen LogP contribution is 2.12. The van der Waals surface area contributed by atoms with Crippen LogP contribution in [0.2, 0.25) is 0 Å². The molecule has 0 bridgehead atoms. The van der Waals surface area contributed by atoms with E-state index in [1.165, 1.54) is 0 Å². The molecule has 1 aromatic carbocycles. The Morgan fingerprint density at radius 2 is 2.17 bits per heavy atom. The molecule has 0 heterocycles. The average Bonchev–Trinajstić information content (AvgIpc) is 2.29. The van der Waals surface area contributed by atoms with E-state index in [-0.39, 0.29) is 11.9 Å². The molecule has 0 aliphatic heterocycles. The number of amides is 1. The number of nitrogens with one attached hydrogen (secondary N) is 2. The molecule has 4 heteroatoms. The largest absolute Gasteiger partial charge is 0.494 e. The van der Waals surface area contributed by atoms with Crippen LogP contribution in [0.4, 0.5) is 0 Å². The minimum absolute atomic E-state index is 0.0194. The van der Waals surface area contributed by atoms with E-state index in [1.807, 2.05) is 45.0 Å². The fraction of sp³-hybridized carbons (Fsp3) is 0.500. The van der Waals surface area contributed by atoms with Crippen molar-refractivity contribution in [3.63, 3.8) is 0 Å². The SMILES string of the molecule is CCOc1cccc(CNCC(=O)NC(C)C)c1.